The van der Waals surface area contributed by atoms with Crippen molar-refractivity contribution in [3.8, 4) is 0 Å². The summed E-state index contributed by atoms with van der Waals surface area (Å²) in [4.78, 5) is 15.8. The number of hydrogen-bond donors (Lipinski definition) is 2. The number of nitrogens with one attached hydrogen (secondary N) is 2. The van der Waals surface area contributed by atoms with Crippen LogP contribution < -0.4 is 5.32 Å². The number of carbonyl (C=O) groups excluding carboxylic acids is 1. The Kier molecular flexibility index (Phi) is 3.73. The van der Waals surface area contributed by atoms with Gasteiger partial charge in [-0.15, -0.1) is 5.10 Å². The van der Waals surface area contributed by atoms with Crippen LogP contribution in [0.2, 0.25) is 0 Å². The van der Waals surface area contributed by atoms with Crippen LogP contribution in [-0.4, -0.2) is 40.3 Å². The van der Waals surface area contributed by atoms with E-state index in [9.17, 15) is 4.79 Å². The zero-order chi connectivity index (χ0) is 12.3. The van der Waals surface area contributed by atoms with Crippen molar-refractivity contribution in [1.82, 2.24) is 20.5 Å². The highest BCUT2D eigenvalue weighted by Crippen LogP contribution is 2.18. The number of amides is 1. The molecule has 0 aromatic carbocycles. The minimum absolute atomic E-state index is 0.130. The van der Waals surface area contributed by atoms with Crippen LogP contribution in [0.1, 0.15) is 36.2 Å². The highest BCUT2D eigenvalue weighted by atomic mass is 16.5. The van der Waals surface area contributed by atoms with Crippen LogP contribution in [0.3, 0.4) is 0 Å². The molecule has 1 aromatic rings. The Morgan fingerprint density at radius 3 is 2.82 bits per heavy atom. The minimum atomic E-state index is -0.214. The van der Waals surface area contributed by atoms with Gasteiger partial charge in [0.2, 0.25) is 5.82 Å². The van der Waals surface area contributed by atoms with Crippen molar-refractivity contribution in [2.75, 3.05) is 13.2 Å². The molecule has 17 heavy (non-hydrogen) atoms. The van der Waals surface area contributed by atoms with Crippen molar-refractivity contribution in [3.05, 3.63) is 11.6 Å². The maximum Gasteiger partial charge on any atom is 0.291 e. The Morgan fingerprint density at radius 2 is 2.24 bits per heavy atom. The second-order valence-corrected chi connectivity index (χ2v) is 4.46. The highest BCUT2D eigenvalue weighted by Gasteiger charge is 2.23. The third-order valence-electron chi connectivity index (χ3n) is 3.13. The molecule has 0 spiro atoms. The van der Waals surface area contributed by atoms with Gasteiger partial charge in [0.25, 0.3) is 5.91 Å². The fraction of sp³-hybridized carbons (Fsp3) is 0.727. The van der Waals surface area contributed by atoms with E-state index in [0.717, 1.165) is 26.1 Å². The Bertz CT molecular complexity index is 385. The van der Waals surface area contributed by atoms with Crippen LogP contribution in [-0.2, 0) is 4.74 Å². The molecule has 6 nitrogen and oxygen atoms in total. The first-order valence-electron chi connectivity index (χ1n) is 5.94. The van der Waals surface area contributed by atoms with E-state index in [1.54, 1.807) is 6.92 Å². The van der Waals surface area contributed by atoms with E-state index in [-0.39, 0.29) is 17.8 Å². The van der Waals surface area contributed by atoms with Crippen LogP contribution in [0.4, 0.5) is 0 Å². The number of H-pyrrole nitrogens is 1. The monoisotopic (exact) mass is 238 g/mol. The molecule has 0 radical (unpaired) electrons. The van der Waals surface area contributed by atoms with Crippen LogP contribution >= 0.6 is 0 Å². The molecule has 1 unspecified atom stereocenters. The minimum Gasteiger partial charge on any atom is -0.381 e. The Morgan fingerprint density at radius 1 is 1.53 bits per heavy atom. The molecular formula is C11H18N4O2. The zero-order valence-electron chi connectivity index (χ0n) is 10.2. The summed E-state index contributed by atoms with van der Waals surface area (Å²) >= 11 is 0. The van der Waals surface area contributed by atoms with E-state index >= 15 is 0 Å². The zero-order valence-corrected chi connectivity index (χ0v) is 10.2. The number of aryl methyl sites for hydroxylation is 1. The quantitative estimate of drug-likeness (QED) is 0.810. The summed E-state index contributed by atoms with van der Waals surface area (Å²) in [6.45, 7) is 5.36. The Labute approximate surface area is 100 Å². The van der Waals surface area contributed by atoms with Gasteiger partial charge in [-0.3, -0.25) is 9.89 Å². The van der Waals surface area contributed by atoms with E-state index in [0.29, 0.717) is 11.7 Å². The molecule has 6 heteroatoms. The number of carbonyl (C=O) groups is 1. The van der Waals surface area contributed by atoms with Gasteiger partial charge >= 0.3 is 0 Å². The maximum absolute atomic E-state index is 11.8. The van der Waals surface area contributed by atoms with E-state index < -0.39 is 0 Å². The molecule has 2 rings (SSSR count). The summed E-state index contributed by atoms with van der Waals surface area (Å²) in [6, 6.07) is 0.130. The molecule has 94 valence electrons. The number of rotatable bonds is 3. The van der Waals surface area contributed by atoms with Crippen molar-refractivity contribution in [2.24, 2.45) is 5.92 Å². The highest BCUT2D eigenvalue weighted by molar-refractivity contribution is 5.90. The molecular weight excluding hydrogens is 220 g/mol. The van der Waals surface area contributed by atoms with Crippen LogP contribution in [0, 0.1) is 12.8 Å². The van der Waals surface area contributed by atoms with E-state index in [1.807, 2.05) is 6.92 Å². The molecule has 1 saturated heterocycles. The second-order valence-electron chi connectivity index (χ2n) is 4.46. The van der Waals surface area contributed by atoms with Crippen molar-refractivity contribution in [1.29, 1.82) is 0 Å². The van der Waals surface area contributed by atoms with Gasteiger partial charge < -0.3 is 10.1 Å². The molecule has 1 amide bonds. The lowest BCUT2D eigenvalue weighted by Crippen LogP contribution is -2.40. The molecule has 0 saturated carbocycles. The Hall–Kier alpha value is -1.43. The largest absolute Gasteiger partial charge is 0.381 e. The van der Waals surface area contributed by atoms with Crippen molar-refractivity contribution in [3.63, 3.8) is 0 Å². The summed E-state index contributed by atoms with van der Waals surface area (Å²) in [6.07, 6.45) is 1.99. The summed E-state index contributed by atoms with van der Waals surface area (Å²) in [7, 11) is 0. The van der Waals surface area contributed by atoms with E-state index in [2.05, 4.69) is 20.5 Å². The SMILES string of the molecule is Cc1nc(C(=O)NC(C)C2CCOCC2)n[nH]1. The fourth-order valence-electron chi connectivity index (χ4n) is 2.05. The maximum atomic E-state index is 11.8. The predicted molar refractivity (Wildman–Crippen MR) is 61.6 cm³/mol. The summed E-state index contributed by atoms with van der Waals surface area (Å²) in [5.41, 5.74) is 0. The average molecular weight is 238 g/mol. The van der Waals surface area contributed by atoms with Gasteiger partial charge in [0, 0.05) is 19.3 Å². The third-order valence-corrected chi connectivity index (χ3v) is 3.13. The Balaban J connectivity index is 1.89. The van der Waals surface area contributed by atoms with Gasteiger partial charge in [-0.05, 0) is 32.6 Å². The van der Waals surface area contributed by atoms with Crippen LogP contribution in [0.5, 0.6) is 0 Å². The van der Waals surface area contributed by atoms with Crippen molar-refractivity contribution < 1.29 is 9.53 Å². The lowest BCUT2D eigenvalue weighted by atomic mass is 9.93. The topological polar surface area (TPSA) is 79.9 Å². The van der Waals surface area contributed by atoms with Gasteiger partial charge in [-0.1, -0.05) is 0 Å². The summed E-state index contributed by atoms with van der Waals surface area (Å²) in [5.74, 6) is 1.12. The summed E-state index contributed by atoms with van der Waals surface area (Å²) < 4.78 is 5.30. The first-order valence-corrected chi connectivity index (χ1v) is 5.94. The number of aromatic nitrogens is 3. The predicted octanol–water partition coefficient (Wildman–Crippen LogP) is 0.658. The fourth-order valence-corrected chi connectivity index (χ4v) is 2.05. The molecule has 1 fully saturated rings. The van der Waals surface area contributed by atoms with Crippen molar-refractivity contribution >= 4 is 5.91 Å². The molecule has 1 atom stereocenters. The molecule has 1 aliphatic heterocycles. The second kappa shape index (κ2) is 5.27. The third kappa shape index (κ3) is 3.03. The van der Waals surface area contributed by atoms with Gasteiger partial charge in [0.05, 0.1) is 0 Å². The first kappa shape index (κ1) is 12.0. The molecule has 1 aromatic heterocycles. The normalized spacial score (nSPS) is 18.9. The molecule has 0 aliphatic carbocycles. The van der Waals surface area contributed by atoms with Gasteiger partial charge in [-0.2, -0.15) is 0 Å². The van der Waals surface area contributed by atoms with Gasteiger partial charge in [0.15, 0.2) is 0 Å². The van der Waals surface area contributed by atoms with Crippen LogP contribution in [0.25, 0.3) is 0 Å². The first-order chi connectivity index (χ1) is 8.16. The number of aromatic amines is 1. The molecule has 2 heterocycles. The number of nitrogens with zero attached hydrogens (tertiary/aromatic N) is 2. The van der Waals surface area contributed by atoms with Gasteiger partial charge in [-0.25, -0.2) is 4.98 Å². The lowest BCUT2D eigenvalue weighted by molar-refractivity contribution is 0.0537. The van der Waals surface area contributed by atoms with Gasteiger partial charge in [0.1, 0.15) is 5.82 Å². The summed E-state index contributed by atoms with van der Waals surface area (Å²) in [5, 5.41) is 9.44. The smallest absolute Gasteiger partial charge is 0.291 e. The van der Waals surface area contributed by atoms with E-state index in [4.69, 9.17) is 4.74 Å². The molecule has 1 aliphatic rings. The average Bonchev–Trinajstić information content (AvgIpc) is 2.77. The number of hydrogen-bond acceptors (Lipinski definition) is 4. The lowest BCUT2D eigenvalue weighted by Gasteiger charge is -2.27. The molecule has 0 bridgehead atoms. The number of ether oxygens (including phenoxy) is 1. The van der Waals surface area contributed by atoms with Crippen molar-refractivity contribution in [2.45, 2.75) is 32.7 Å². The standard InChI is InChI=1S/C11H18N4O2/c1-7(9-3-5-17-6-4-9)12-11(16)10-13-8(2)14-15-10/h7,9H,3-6H2,1-2H3,(H,12,16)(H,13,14,15). The van der Waals surface area contributed by atoms with Crippen LogP contribution in [0.15, 0.2) is 0 Å². The van der Waals surface area contributed by atoms with E-state index in [1.165, 1.54) is 0 Å². The molecule has 2 N–H and O–H groups in total.